The van der Waals surface area contributed by atoms with Crippen LogP contribution in [0.5, 0.6) is 0 Å². The maximum absolute atomic E-state index is 12.0. The molecule has 8 heteroatoms. The quantitative estimate of drug-likeness (QED) is 0.226. The molecule has 0 amide bonds. The number of nitrogens with zero attached hydrogens (tertiary/aromatic N) is 2. The van der Waals surface area contributed by atoms with Gasteiger partial charge in [0.25, 0.3) is 0 Å². The van der Waals surface area contributed by atoms with Gasteiger partial charge in [0, 0.05) is 17.2 Å². The molecule has 0 saturated heterocycles. The van der Waals surface area contributed by atoms with Gasteiger partial charge in [0.1, 0.15) is 11.3 Å². The lowest BCUT2D eigenvalue weighted by molar-refractivity contribution is 0.518. The number of hydrogen-bond donors (Lipinski definition) is 1. The van der Waals surface area contributed by atoms with Gasteiger partial charge in [0.15, 0.2) is 4.34 Å². The van der Waals surface area contributed by atoms with Crippen LogP contribution in [0.4, 0.5) is 5.13 Å². The van der Waals surface area contributed by atoms with E-state index in [9.17, 15) is 4.79 Å². The Morgan fingerprint density at radius 3 is 2.90 bits per heavy atom. The molecule has 0 saturated carbocycles. The topological polar surface area (TPSA) is 81.2 Å². The van der Waals surface area contributed by atoms with Crippen molar-refractivity contribution in [1.82, 2.24) is 10.2 Å². The molecule has 5 aromatic rings. The van der Waals surface area contributed by atoms with Crippen LogP contribution in [0.2, 0.25) is 0 Å². The molecule has 0 fully saturated rings. The molecule has 0 bridgehead atoms. The highest BCUT2D eigenvalue weighted by atomic mass is 32.2. The van der Waals surface area contributed by atoms with E-state index in [0.29, 0.717) is 17.9 Å². The van der Waals surface area contributed by atoms with E-state index in [2.05, 4.69) is 21.6 Å². The summed E-state index contributed by atoms with van der Waals surface area (Å²) < 4.78 is 11.6. The Labute approximate surface area is 173 Å². The second kappa shape index (κ2) is 7.73. The number of fused-ring (bicyclic) bond motifs is 3. The molecule has 0 aliphatic carbocycles. The van der Waals surface area contributed by atoms with Crippen LogP contribution in [-0.2, 0) is 12.3 Å². The highest BCUT2D eigenvalue weighted by molar-refractivity contribution is 8.00. The highest BCUT2D eigenvalue weighted by Crippen LogP contribution is 2.33. The van der Waals surface area contributed by atoms with Gasteiger partial charge in [-0.25, -0.2) is 4.79 Å². The van der Waals surface area contributed by atoms with Crippen molar-refractivity contribution < 1.29 is 8.83 Å². The van der Waals surface area contributed by atoms with Gasteiger partial charge < -0.3 is 14.2 Å². The zero-order chi connectivity index (χ0) is 19.6. The second-order valence-electron chi connectivity index (χ2n) is 6.35. The number of aromatic nitrogens is 2. The molecule has 2 aromatic carbocycles. The summed E-state index contributed by atoms with van der Waals surface area (Å²) in [6.07, 6.45) is 1.64. The van der Waals surface area contributed by atoms with Gasteiger partial charge in [-0.3, -0.25) is 0 Å². The fourth-order valence-corrected chi connectivity index (χ4v) is 4.92. The van der Waals surface area contributed by atoms with Gasteiger partial charge in [-0.05, 0) is 34.5 Å². The minimum Gasteiger partial charge on any atom is -0.467 e. The smallest absolute Gasteiger partial charge is 0.336 e. The molecule has 0 radical (unpaired) electrons. The standard InChI is InChI=1S/C21H15N3O3S2/c25-18-10-14(19-16-6-2-1-4-13(16)7-8-17(19)27-18)12-28-21-24-23-20(29-21)22-11-15-5-3-9-26-15/h1-10H,11-12H2,(H,22,23). The van der Waals surface area contributed by atoms with Crippen molar-refractivity contribution in [2.24, 2.45) is 0 Å². The molecule has 144 valence electrons. The number of anilines is 1. The molecule has 6 nitrogen and oxygen atoms in total. The van der Waals surface area contributed by atoms with Gasteiger partial charge >= 0.3 is 5.63 Å². The summed E-state index contributed by atoms with van der Waals surface area (Å²) in [6, 6.07) is 17.2. The van der Waals surface area contributed by atoms with Crippen molar-refractivity contribution in [2.45, 2.75) is 16.6 Å². The largest absolute Gasteiger partial charge is 0.467 e. The van der Waals surface area contributed by atoms with Gasteiger partial charge in [-0.1, -0.05) is 53.4 Å². The minimum absolute atomic E-state index is 0.346. The van der Waals surface area contributed by atoms with E-state index in [0.717, 1.165) is 37.0 Å². The van der Waals surface area contributed by atoms with Crippen molar-refractivity contribution in [1.29, 1.82) is 0 Å². The van der Waals surface area contributed by atoms with Crippen LogP contribution in [0.1, 0.15) is 11.3 Å². The highest BCUT2D eigenvalue weighted by Gasteiger charge is 2.12. The van der Waals surface area contributed by atoms with Crippen LogP contribution in [0.15, 0.2) is 78.8 Å². The van der Waals surface area contributed by atoms with E-state index in [1.165, 1.54) is 11.3 Å². The lowest BCUT2D eigenvalue weighted by atomic mass is 10.0. The second-order valence-corrected chi connectivity index (χ2v) is 8.55. The maximum atomic E-state index is 12.0. The van der Waals surface area contributed by atoms with Crippen molar-refractivity contribution >= 4 is 50.0 Å². The predicted molar refractivity (Wildman–Crippen MR) is 115 cm³/mol. The van der Waals surface area contributed by atoms with Crippen LogP contribution in [0.3, 0.4) is 0 Å². The third-order valence-electron chi connectivity index (χ3n) is 4.47. The van der Waals surface area contributed by atoms with Crippen molar-refractivity contribution in [3.8, 4) is 0 Å². The van der Waals surface area contributed by atoms with Crippen LogP contribution in [0.25, 0.3) is 21.7 Å². The summed E-state index contributed by atoms with van der Waals surface area (Å²) in [5, 5.41) is 15.5. The summed E-state index contributed by atoms with van der Waals surface area (Å²) >= 11 is 3.02. The number of benzene rings is 2. The van der Waals surface area contributed by atoms with Crippen molar-refractivity contribution in [2.75, 3.05) is 5.32 Å². The summed E-state index contributed by atoms with van der Waals surface area (Å²) in [5.41, 5.74) is 1.18. The molecule has 0 atom stereocenters. The molecule has 0 spiro atoms. The number of rotatable bonds is 6. The van der Waals surface area contributed by atoms with Gasteiger partial charge in [-0.2, -0.15) is 0 Å². The molecule has 3 aromatic heterocycles. The Hall–Kier alpha value is -3.10. The number of hydrogen-bond acceptors (Lipinski definition) is 8. The first-order valence-corrected chi connectivity index (χ1v) is 10.7. The van der Waals surface area contributed by atoms with Crippen LogP contribution >= 0.6 is 23.1 Å². The maximum Gasteiger partial charge on any atom is 0.336 e. The fraction of sp³-hybridized carbons (Fsp3) is 0.0952. The fourth-order valence-electron chi connectivity index (χ4n) is 3.19. The van der Waals surface area contributed by atoms with E-state index in [1.54, 1.807) is 24.1 Å². The summed E-state index contributed by atoms with van der Waals surface area (Å²) in [4.78, 5) is 12.0. The first-order valence-electron chi connectivity index (χ1n) is 8.93. The Bertz CT molecular complexity index is 1340. The number of furan rings is 1. The van der Waals surface area contributed by atoms with E-state index in [-0.39, 0.29) is 5.63 Å². The normalized spacial score (nSPS) is 11.3. The van der Waals surface area contributed by atoms with E-state index < -0.39 is 0 Å². The lowest BCUT2D eigenvalue weighted by Gasteiger charge is -2.07. The molecule has 3 heterocycles. The summed E-state index contributed by atoms with van der Waals surface area (Å²) in [7, 11) is 0. The number of nitrogens with one attached hydrogen (secondary N) is 1. The predicted octanol–water partition coefficient (Wildman–Crippen LogP) is 5.30. The van der Waals surface area contributed by atoms with Gasteiger partial charge in [0.05, 0.1) is 12.8 Å². The zero-order valence-corrected chi connectivity index (χ0v) is 16.8. The number of thioether (sulfide) groups is 1. The summed E-state index contributed by atoms with van der Waals surface area (Å²) in [6.45, 7) is 0.558. The van der Waals surface area contributed by atoms with E-state index >= 15 is 0 Å². The lowest BCUT2D eigenvalue weighted by Crippen LogP contribution is -2.00. The van der Waals surface area contributed by atoms with Gasteiger partial charge in [-0.15, -0.1) is 10.2 Å². The molecule has 0 unspecified atom stereocenters. The Balaban J connectivity index is 1.39. The molecule has 0 aliphatic rings. The molecule has 1 N–H and O–H groups in total. The van der Waals surface area contributed by atoms with Crippen LogP contribution in [-0.4, -0.2) is 10.2 Å². The Morgan fingerprint density at radius 2 is 2.00 bits per heavy atom. The third-order valence-corrected chi connectivity index (χ3v) is 6.53. The first-order chi connectivity index (χ1) is 14.3. The molecule has 5 rings (SSSR count). The average molecular weight is 422 g/mol. The molecular formula is C21H15N3O3S2. The van der Waals surface area contributed by atoms with Crippen molar-refractivity contribution in [3.05, 3.63) is 82.6 Å². The van der Waals surface area contributed by atoms with Crippen molar-refractivity contribution in [3.63, 3.8) is 0 Å². The average Bonchev–Trinajstić information content (AvgIpc) is 3.42. The Kier molecular flexibility index (Phi) is 4.79. The van der Waals surface area contributed by atoms with Crippen LogP contribution < -0.4 is 10.9 Å². The molecular weight excluding hydrogens is 406 g/mol. The molecule has 0 aliphatic heterocycles. The zero-order valence-electron chi connectivity index (χ0n) is 15.1. The SMILES string of the molecule is O=c1cc(CSc2nnc(NCc3ccco3)s2)c2c(ccc3ccccc32)o1. The third kappa shape index (κ3) is 3.76. The van der Waals surface area contributed by atoms with E-state index in [4.69, 9.17) is 8.83 Å². The van der Waals surface area contributed by atoms with Gasteiger partial charge in [0.2, 0.25) is 5.13 Å². The molecule has 29 heavy (non-hydrogen) atoms. The van der Waals surface area contributed by atoms with Crippen LogP contribution in [0, 0.1) is 0 Å². The van der Waals surface area contributed by atoms with E-state index in [1.807, 2.05) is 42.5 Å². The minimum atomic E-state index is -0.346. The first kappa shape index (κ1) is 18.0. The monoisotopic (exact) mass is 421 g/mol. The Morgan fingerprint density at radius 1 is 1.07 bits per heavy atom. The summed E-state index contributed by atoms with van der Waals surface area (Å²) in [5.74, 6) is 1.44.